The maximum absolute atomic E-state index is 11.3. The first-order valence-corrected chi connectivity index (χ1v) is 4.18. The van der Waals surface area contributed by atoms with E-state index in [1.54, 1.807) is 0 Å². The minimum absolute atomic E-state index is 0.0295. The third-order valence-electron chi connectivity index (χ3n) is 2.75. The van der Waals surface area contributed by atoms with Gasteiger partial charge in [-0.2, -0.15) is 0 Å². The van der Waals surface area contributed by atoms with Crippen molar-refractivity contribution in [1.82, 2.24) is 0 Å². The van der Waals surface area contributed by atoms with Crippen molar-refractivity contribution in [1.29, 1.82) is 0 Å². The van der Waals surface area contributed by atoms with E-state index in [0.29, 0.717) is 12.3 Å². The van der Waals surface area contributed by atoms with Crippen molar-refractivity contribution in [3.05, 3.63) is 0 Å². The Hall–Kier alpha value is -0.860. The minimum Gasteiger partial charge on any atom is -0.468 e. The Morgan fingerprint density at radius 1 is 1.50 bits per heavy atom. The van der Waals surface area contributed by atoms with Gasteiger partial charge in [-0.25, -0.2) is 0 Å². The highest BCUT2D eigenvalue weighted by molar-refractivity contribution is 6.01. The first-order valence-electron chi connectivity index (χ1n) is 4.18. The molecular formula is C9H14O3. The Morgan fingerprint density at radius 2 is 2.08 bits per heavy atom. The van der Waals surface area contributed by atoms with Crippen LogP contribution in [0.15, 0.2) is 0 Å². The summed E-state index contributed by atoms with van der Waals surface area (Å²) in [6, 6.07) is 0. The Balaban J connectivity index is 2.76. The van der Waals surface area contributed by atoms with E-state index in [4.69, 9.17) is 0 Å². The SMILES string of the molecule is COC(=O)C1C(=O)CC(C)C1C. The molecule has 3 atom stereocenters. The van der Waals surface area contributed by atoms with Gasteiger partial charge in [-0.3, -0.25) is 9.59 Å². The van der Waals surface area contributed by atoms with Crippen molar-refractivity contribution in [3.63, 3.8) is 0 Å². The second kappa shape index (κ2) is 3.25. The third kappa shape index (κ3) is 1.36. The molecule has 0 bridgehead atoms. The largest absolute Gasteiger partial charge is 0.468 e. The molecule has 0 spiro atoms. The fourth-order valence-corrected chi connectivity index (χ4v) is 1.73. The Labute approximate surface area is 72.1 Å². The molecule has 0 aromatic rings. The quantitative estimate of drug-likeness (QED) is 0.436. The molecule has 0 aliphatic heterocycles. The number of hydrogen-bond donors (Lipinski definition) is 0. The molecule has 0 amide bonds. The van der Waals surface area contributed by atoms with Gasteiger partial charge in [-0.05, 0) is 11.8 Å². The number of carbonyl (C=O) groups is 2. The highest BCUT2D eigenvalue weighted by atomic mass is 16.5. The fourth-order valence-electron chi connectivity index (χ4n) is 1.73. The summed E-state index contributed by atoms with van der Waals surface area (Å²) >= 11 is 0. The Kier molecular flexibility index (Phi) is 2.50. The number of methoxy groups -OCH3 is 1. The van der Waals surface area contributed by atoms with E-state index < -0.39 is 5.92 Å². The average molecular weight is 170 g/mol. The molecule has 0 N–H and O–H groups in total. The Morgan fingerprint density at radius 3 is 2.42 bits per heavy atom. The van der Waals surface area contributed by atoms with Crippen LogP contribution >= 0.6 is 0 Å². The predicted molar refractivity (Wildman–Crippen MR) is 43.5 cm³/mol. The summed E-state index contributed by atoms with van der Waals surface area (Å²) in [5.41, 5.74) is 0. The van der Waals surface area contributed by atoms with Crippen molar-refractivity contribution < 1.29 is 14.3 Å². The smallest absolute Gasteiger partial charge is 0.316 e. The zero-order valence-electron chi connectivity index (χ0n) is 7.66. The molecule has 12 heavy (non-hydrogen) atoms. The van der Waals surface area contributed by atoms with E-state index in [0.717, 1.165) is 0 Å². The molecule has 1 rings (SSSR count). The van der Waals surface area contributed by atoms with Crippen LogP contribution in [0.3, 0.4) is 0 Å². The van der Waals surface area contributed by atoms with Crippen molar-refractivity contribution >= 4 is 11.8 Å². The van der Waals surface area contributed by atoms with Gasteiger partial charge in [0.05, 0.1) is 7.11 Å². The summed E-state index contributed by atoms with van der Waals surface area (Å²) in [4.78, 5) is 22.4. The topological polar surface area (TPSA) is 43.4 Å². The number of hydrogen-bond acceptors (Lipinski definition) is 3. The van der Waals surface area contributed by atoms with E-state index in [2.05, 4.69) is 4.74 Å². The lowest BCUT2D eigenvalue weighted by Crippen LogP contribution is -2.25. The maximum Gasteiger partial charge on any atom is 0.316 e. The molecule has 0 heterocycles. The molecule has 1 aliphatic rings. The van der Waals surface area contributed by atoms with Gasteiger partial charge in [0.1, 0.15) is 11.7 Å². The van der Waals surface area contributed by atoms with Crippen molar-refractivity contribution in [3.8, 4) is 0 Å². The van der Waals surface area contributed by atoms with Gasteiger partial charge in [0, 0.05) is 6.42 Å². The highest BCUT2D eigenvalue weighted by Crippen LogP contribution is 2.34. The second-order valence-corrected chi connectivity index (χ2v) is 3.51. The van der Waals surface area contributed by atoms with Crippen LogP contribution in [0.5, 0.6) is 0 Å². The average Bonchev–Trinajstić information content (AvgIpc) is 2.26. The summed E-state index contributed by atoms with van der Waals surface area (Å²) in [5, 5.41) is 0. The number of ether oxygens (including phenoxy) is 1. The number of carbonyl (C=O) groups excluding carboxylic acids is 2. The maximum atomic E-state index is 11.3. The van der Waals surface area contributed by atoms with E-state index in [9.17, 15) is 9.59 Å². The lowest BCUT2D eigenvalue weighted by Gasteiger charge is -2.13. The summed E-state index contributed by atoms with van der Waals surface area (Å²) in [7, 11) is 1.32. The molecule has 0 aromatic carbocycles. The third-order valence-corrected chi connectivity index (χ3v) is 2.75. The molecule has 68 valence electrons. The van der Waals surface area contributed by atoms with Crippen LogP contribution in [-0.2, 0) is 14.3 Å². The standard InChI is InChI=1S/C9H14O3/c1-5-4-7(10)8(6(5)2)9(11)12-3/h5-6,8H,4H2,1-3H3. The van der Waals surface area contributed by atoms with Gasteiger partial charge >= 0.3 is 5.97 Å². The molecule has 3 unspecified atom stereocenters. The van der Waals surface area contributed by atoms with E-state index in [-0.39, 0.29) is 17.7 Å². The van der Waals surface area contributed by atoms with Gasteiger partial charge in [-0.15, -0.1) is 0 Å². The van der Waals surface area contributed by atoms with E-state index >= 15 is 0 Å². The van der Waals surface area contributed by atoms with Crippen LogP contribution in [0.1, 0.15) is 20.3 Å². The van der Waals surface area contributed by atoms with Gasteiger partial charge in [0.25, 0.3) is 0 Å². The lowest BCUT2D eigenvalue weighted by molar-refractivity contribution is -0.149. The summed E-state index contributed by atoms with van der Waals surface area (Å²) in [5.74, 6) is -0.421. The van der Waals surface area contributed by atoms with Crippen LogP contribution in [0.2, 0.25) is 0 Å². The van der Waals surface area contributed by atoms with E-state index in [1.807, 2.05) is 13.8 Å². The molecule has 0 saturated heterocycles. The van der Waals surface area contributed by atoms with Crippen LogP contribution in [0.4, 0.5) is 0 Å². The van der Waals surface area contributed by atoms with Crippen molar-refractivity contribution in [2.75, 3.05) is 7.11 Å². The van der Waals surface area contributed by atoms with Gasteiger partial charge in [0.15, 0.2) is 0 Å². The monoisotopic (exact) mass is 170 g/mol. The zero-order chi connectivity index (χ0) is 9.30. The number of esters is 1. The summed E-state index contributed by atoms with van der Waals surface area (Å²) < 4.78 is 4.56. The molecule has 1 fully saturated rings. The molecular weight excluding hydrogens is 156 g/mol. The van der Waals surface area contributed by atoms with Crippen LogP contribution in [0.25, 0.3) is 0 Å². The Bertz CT molecular complexity index is 202. The number of ketones is 1. The second-order valence-electron chi connectivity index (χ2n) is 3.51. The molecule has 1 saturated carbocycles. The number of rotatable bonds is 1. The molecule has 1 aliphatic carbocycles. The van der Waals surface area contributed by atoms with Crippen LogP contribution in [-0.4, -0.2) is 18.9 Å². The van der Waals surface area contributed by atoms with Gasteiger partial charge in [-0.1, -0.05) is 13.8 Å². The fraction of sp³-hybridized carbons (Fsp3) is 0.778. The van der Waals surface area contributed by atoms with Crippen molar-refractivity contribution in [2.24, 2.45) is 17.8 Å². The van der Waals surface area contributed by atoms with Crippen molar-refractivity contribution in [2.45, 2.75) is 20.3 Å². The summed E-state index contributed by atoms with van der Waals surface area (Å²) in [6.07, 6.45) is 0.515. The first kappa shape index (κ1) is 9.23. The van der Waals surface area contributed by atoms with Crippen LogP contribution in [0, 0.1) is 17.8 Å². The summed E-state index contributed by atoms with van der Waals surface area (Å²) in [6.45, 7) is 3.92. The zero-order valence-corrected chi connectivity index (χ0v) is 7.66. The normalized spacial score (nSPS) is 35.2. The van der Waals surface area contributed by atoms with E-state index in [1.165, 1.54) is 7.11 Å². The van der Waals surface area contributed by atoms with Gasteiger partial charge in [0.2, 0.25) is 0 Å². The first-order chi connectivity index (χ1) is 5.57. The number of Topliss-reactive ketones (excluding diaryl/α,β-unsaturated/α-hetero) is 1. The lowest BCUT2D eigenvalue weighted by atomic mass is 9.92. The minimum atomic E-state index is -0.509. The molecule has 3 heteroatoms. The van der Waals surface area contributed by atoms with Gasteiger partial charge < -0.3 is 4.74 Å². The molecule has 0 radical (unpaired) electrons. The predicted octanol–water partition coefficient (Wildman–Crippen LogP) is 1.02. The molecule has 0 aromatic heterocycles. The molecule has 3 nitrogen and oxygen atoms in total. The van der Waals surface area contributed by atoms with Crippen LogP contribution < -0.4 is 0 Å². The highest BCUT2D eigenvalue weighted by Gasteiger charge is 2.42.